The molecule has 1 aliphatic rings. The van der Waals surface area contributed by atoms with E-state index < -0.39 is 10.5 Å². The molecule has 2 atom stereocenters. The number of nitro benzene ring substituents is 1. The van der Waals surface area contributed by atoms with Gasteiger partial charge in [-0.05, 0) is 29.7 Å². The van der Waals surface area contributed by atoms with Gasteiger partial charge in [-0.3, -0.25) is 14.9 Å². The summed E-state index contributed by atoms with van der Waals surface area (Å²) in [4.78, 5) is 22.4. The van der Waals surface area contributed by atoms with E-state index in [4.69, 9.17) is 4.74 Å². The fourth-order valence-corrected chi connectivity index (χ4v) is 2.86. The SMILES string of the molecule is CO[C@@]1(c2ccccc2)C[C@@H]1C(=O)N/N=C\c1ccc([N+](=O)[O-])cc1. The van der Waals surface area contributed by atoms with Crippen LogP contribution >= 0.6 is 0 Å². The number of methoxy groups -OCH3 is 1. The van der Waals surface area contributed by atoms with Crippen molar-refractivity contribution >= 4 is 17.8 Å². The van der Waals surface area contributed by atoms with Gasteiger partial charge in [0.1, 0.15) is 5.60 Å². The zero-order chi connectivity index (χ0) is 17.9. The first-order chi connectivity index (χ1) is 12.1. The minimum absolute atomic E-state index is 0.00639. The summed E-state index contributed by atoms with van der Waals surface area (Å²) < 4.78 is 5.59. The van der Waals surface area contributed by atoms with E-state index in [2.05, 4.69) is 10.5 Å². The lowest BCUT2D eigenvalue weighted by Gasteiger charge is -2.15. The van der Waals surface area contributed by atoms with E-state index in [1.165, 1.54) is 18.3 Å². The maximum absolute atomic E-state index is 12.3. The van der Waals surface area contributed by atoms with Gasteiger partial charge >= 0.3 is 0 Å². The van der Waals surface area contributed by atoms with Crippen molar-refractivity contribution in [1.29, 1.82) is 0 Å². The molecule has 0 aromatic heterocycles. The number of amides is 1. The number of hydrogen-bond donors (Lipinski definition) is 1. The van der Waals surface area contributed by atoms with Gasteiger partial charge in [0, 0.05) is 19.2 Å². The lowest BCUT2D eigenvalue weighted by molar-refractivity contribution is -0.384. The summed E-state index contributed by atoms with van der Waals surface area (Å²) in [7, 11) is 1.60. The van der Waals surface area contributed by atoms with Crippen LogP contribution in [-0.4, -0.2) is 24.2 Å². The van der Waals surface area contributed by atoms with E-state index in [-0.39, 0.29) is 17.5 Å². The molecule has 0 bridgehead atoms. The average Bonchev–Trinajstić information content (AvgIpc) is 3.39. The molecular formula is C18H17N3O4. The summed E-state index contributed by atoms with van der Waals surface area (Å²) in [5.74, 6) is -0.516. The molecule has 3 rings (SSSR count). The van der Waals surface area contributed by atoms with Crippen LogP contribution in [0.2, 0.25) is 0 Å². The van der Waals surface area contributed by atoms with Crippen LogP contribution in [-0.2, 0) is 15.1 Å². The molecule has 0 spiro atoms. The molecule has 0 radical (unpaired) electrons. The van der Waals surface area contributed by atoms with Gasteiger partial charge in [-0.2, -0.15) is 5.10 Å². The number of nitrogens with zero attached hydrogens (tertiary/aromatic N) is 2. The summed E-state index contributed by atoms with van der Waals surface area (Å²) in [5, 5.41) is 14.5. The van der Waals surface area contributed by atoms with Gasteiger partial charge in [0.15, 0.2) is 0 Å². The first-order valence-corrected chi connectivity index (χ1v) is 7.75. The van der Waals surface area contributed by atoms with E-state index in [1.807, 2.05) is 30.3 Å². The van der Waals surface area contributed by atoms with Crippen LogP contribution in [0, 0.1) is 16.0 Å². The monoisotopic (exact) mass is 339 g/mol. The van der Waals surface area contributed by atoms with Crippen molar-refractivity contribution in [2.75, 3.05) is 7.11 Å². The van der Waals surface area contributed by atoms with Gasteiger partial charge in [0.2, 0.25) is 5.91 Å². The highest BCUT2D eigenvalue weighted by atomic mass is 16.6. The Labute approximate surface area is 144 Å². The van der Waals surface area contributed by atoms with E-state index in [9.17, 15) is 14.9 Å². The normalized spacial score (nSPS) is 21.9. The largest absolute Gasteiger partial charge is 0.373 e. The topological polar surface area (TPSA) is 93.8 Å². The molecule has 2 aromatic rings. The number of rotatable bonds is 6. The van der Waals surface area contributed by atoms with Crippen LogP contribution in [0.5, 0.6) is 0 Å². The lowest BCUT2D eigenvalue weighted by atomic mass is 10.1. The van der Waals surface area contributed by atoms with Crippen molar-refractivity contribution in [3.05, 3.63) is 75.8 Å². The van der Waals surface area contributed by atoms with Crippen molar-refractivity contribution in [2.24, 2.45) is 11.0 Å². The number of hydrazone groups is 1. The van der Waals surface area contributed by atoms with Crippen molar-refractivity contribution in [3.8, 4) is 0 Å². The van der Waals surface area contributed by atoms with E-state index in [0.717, 1.165) is 5.56 Å². The first-order valence-electron chi connectivity index (χ1n) is 7.75. The van der Waals surface area contributed by atoms with Gasteiger partial charge in [0.25, 0.3) is 5.69 Å². The van der Waals surface area contributed by atoms with Gasteiger partial charge in [-0.1, -0.05) is 30.3 Å². The maximum atomic E-state index is 12.3. The third kappa shape index (κ3) is 3.41. The average molecular weight is 339 g/mol. The van der Waals surface area contributed by atoms with Crippen LogP contribution in [0.4, 0.5) is 5.69 Å². The molecule has 7 heteroatoms. The minimum atomic E-state index is -0.589. The van der Waals surface area contributed by atoms with Crippen LogP contribution in [0.1, 0.15) is 17.5 Å². The van der Waals surface area contributed by atoms with Gasteiger partial charge in [-0.25, -0.2) is 5.43 Å². The quantitative estimate of drug-likeness (QED) is 0.497. The molecular weight excluding hydrogens is 322 g/mol. The second-order valence-electron chi connectivity index (χ2n) is 5.80. The molecule has 1 aliphatic carbocycles. The molecule has 1 amide bonds. The Hall–Kier alpha value is -3.06. The zero-order valence-corrected chi connectivity index (χ0v) is 13.6. The predicted molar refractivity (Wildman–Crippen MR) is 92.1 cm³/mol. The minimum Gasteiger partial charge on any atom is -0.373 e. The Morgan fingerprint density at radius 1 is 1.28 bits per heavy atom. The number of benzene rings is 2. The summed E-state index contributed by atoms with van der Waals surface area (Å²) in [6.45, 7) is 0. The molecule has 25 heavy (non-hydrogen) atoms. The molecule has 1 fully saturated rings. The molecule has 1 saturated carbocycles. The molecule has 128 valence electrons. The van der Waals surface area contributed by atoms with E-state index in [0.29, 0.717) is 12.0 Å². The number of nitrogens with one attached hydrogen (secondary N) is 1. The number of hydrogen-bond acceptors (Lipinski definition) is 5. The van der Waals surface area contributed by atoms with Crippen LogP contribution in [0.25, 0.3) is 0 Å². The molecule has 1 N–H and O–H groups in total. The molecule has 0 heterocycles. The molecule has 2 aromatic carbocycles. The first kappa shape index (κ1) is 16.8. The van der Waals surface area contributed by atoms with Gasteiger partial charge in [0.05, 0.1) is 17.1 Å². The highest BCUT2D eigenvalue weighted by Gasteiger charge is 2.60. The van der Waals surface area contributed by atoms with Crippen molar-refractivity contribution in [1.82, 2.24) is 5.43 Å². The highest BCUT2D eigenvalue weighted by Crippen LogP contribution is 2.54. The Morgan fingerprint density at radius 3 is 2.56 bits per heavy atom. The highest BCUT2D eigenvalue weighted by molar-refractivity contribution is 5.86. The summed E-state index contributed by atoms with van der Waals surface area (Å²) >= 11 is 0. The Morgan fingerprint density at radius 2 is 1.96 bits per heavy atom. The molecule has 0 aliphatic heterocycles. The van der Waals surface area contributed by atoms with Crippen LogP contribution in [0.15, 0.2) is 59.7 Å². The second-order valence-corrected chi connectivity index (χ2v) is 5.80. The van der Waals surface area contributed by atoms with E-state index in [1.54, 1.807) is 19.2 Å². The molecule has 0 saturated heterocycles. The van der Waals surface area contributed by atoms with E-state index >= 15 is 0 Å². The number of carbonyl (C=O) groups is 1. The van der Waals surface area contributed by atoms with Crippen LogP contribution in [0.3, 0.4) is 0 Å². The Kier molecular flexibility index (Phi) is 4.58. The number of ether oxygens (including phenoxy) is 1. The maximum Gasteiger partial charge on any atom is 0.269 e. The number of nitro groups is 1. The van der Waals surface area contributed by atoms with Crippen molar-refractivity contribution in [2.45, 2.75) is 12.0 Å². The predicted octanol–water partition coefficient (Wildman–Crippen LogP) is 2.61. The fourth-order valence-electron chi connectivity index (χ4n) is 2.86. The lowest BCUT2D eigenvalue weighted by Crippen LogP contribution is -2.25. The Balaban J connectivity index is 1.61. The number of carbonyl (C=O) groups excluding carboxylic acids is 1. The summed E-state index contributed by atoms with van der Waals surface area (Å²) in [6.07, 6.45) is 2.05. The van der Waals surface area contributed by atoms with Gasteiger partial charge < -0.3 is 4.74 Å². The summed E-state index contributed by atoms with van der Waals surface area (Å²) in [6, 6.07) is 15.5. The van der Waals surface area contributed by atoms with Crippen molar-refractivity contribution in [3.63, 3.8) is 0 Å². The third-order valence-electron chi connectivity index (χ3n) is 4.35. The zero-order valence-electron chi connectivity index (χ0n) is 13.6. The molecule has 0 unspecified atom stereocenters. The second kappa shape index (κ2) is 6.82. The number of non-ortho nitro benzene ring substituents is 1. The standard InChI is InChI=1S/C18H17N3O4/c1-25-18(14-5-3-2-4-6-14)11-16(18)17(22)20-19-12-13-7-9-15(10-8-13)21(23)24/h2-10,12,16H,11H2,1H3,(H,20,22)/b19-12-/t16-,18-/m1/s1. The molecule has 7 nitrogen and oxygen atoms in total. The summed E-state index contributed by atoms with van der Waals surface area (Å²) in [5.41, 5.74) is 3.55. The Bertz CT molecular complexity index is 805. The smallest absolute Gasteiger partial charge is 0.269 e. The van der Waals surface area contributed by atoms with Crippen molar-refractivity contribution < 1.29 is 14.5 Å². The van der Waals surface area contributed by atoms with Crippen LogP contribution < -0.4 is 5.43 Å². The third-order valence-corrected chi connectivity index (χ3v) is 4.35. The fraction of sp³-hybridized carbons (Fsp3) is 0.222. The van der Waals surface area contributed by atoms with Gasteiger partial charge in [-0.15, -0.1) is 0 Å².